The van der Waals surface area contributed by atoms with Crippen LogP contribution in [0.5, 0.6) is 0 Å². The number of rotatable bonds is 6. The molecule has 0 fully saturated rings. The Balaban J connectivity index is 1.87. The maximum atomic E-state index is 5.61. The van der Waals surface area contributed by atoms with Gasteiger partial charge in [0.25, 0.3) is 0 Å². The van der Waals surface area contributed by atoms with Gasteiger partial charge in [0.05, 0.1) is 0 Å². The molecule has 1 unspecified atom stereocenters. The fourth-order valence-electron chi connectivity index (χ4n) is 1.61. The molecule has 0 aliphatic heterocycles. The van der Waals surface area contributed by atoms with Crippen molar-refractivity contribution in [2.24, 2.45) is 5.84 Å². The number of hydrazine groups is 1. The number of nitrogens with two attached hydrogens (primary N) is 1. The summed E-state index contributed by atoms with van der Waals surface area (Å²) in [6, 6.07) is 10.8. The molecule has 0 saturated heterocycles. The Bertz CT molecular complexity index is 474. The summed E-state index contributed by atoms with van der Waals surface area (Å²) in [4.78, 5) is 1.26. The number of hydrogen-bond donors (Lipinski definition) is 2. The summed E-state index contributed by atoms with van der Waals surface area (Å²) >= 11 is 7.03. The van der Waals surface area contributed by atoms with E-state index in [9.17, 15) is 0 Å². The van der Waals surface area contributed by atoms with Crippen molar-refractivity contribution >= 4 is 39.0 Å². The van der Waals surface area contributed by atoms with Gasteiger partial charge in [0, 0.05) is 21.2 Å². The van der Waals surface area contributed by atoms with Crippen LogP contribution in [0.25, 0.3) is 0 Å². The molecule has 0 radical (unpaired) electrons. The number of hydrogen-bond acceptors (Lipinski definition) is 4. The van der Waals surface area contributed by atoms with E-state index in [2.05, 4.69) is 56.4 Å². The zero-order valence-corrected chi connectivity index (χ0v) is 13.0. The van der Waals surface area contributed by atoms with Gasteiger partial charge in [-0.05, 0) is 47.0 Å². The van der Waals surface area contributed by atoms with Crippen molar-refractivity contribution < 1.29 is 0 Å². The highest BCUT2D eigenvalue weighted by Crippen LogP contribution is 2.23. The SMILES string of the molecule is NNC(CSc1cccc(Br)c1)Cc1ccsc1. The molecule has 18 heavy (non-hydrogen) atoms. The predicted molar refractivity (Wildman–Crippen MR) is 84.0 cm³/mol. The lowest BCUT2D eigenvalue weighted by Gasteiger charge is -2.14. The molecule has 3 N–H and O–H groups in total. The number of thioether (sulfide) groups is 1. The lowest BCUT2D eigenvalue weighted by atomic mass is 10.1. The van der Waals surface area contributed by atoms with Crippen LogP contribution in [-0.4, -0.2) is 11.8 Å². The van der Waals surface area contributed by atoms with Gasteiger partial charge in [0.1, 0.15) is 0 Å². The molecule has 0 bridgehead atoms. The Labute approximate surface area is 124 Å². The van der Waals surface area contributed by atoms with Crippen LogP contribution in [0, 0.1) is 0 Å². The first-order chi connectivity index (χ1) is 8.78. The van der Waals surface area contributed by atoms with Gasteiger partial charge in [0.15, 0.2) is 0 Å². The third kappa shape index (κ3) is 4.40. The molecule has 0 saturated carbocycles. The predicted octanol–water partition coefficient (Wildman–Crippen LogP) is 3.68. The highest BCUT2D eigenvalue weighted by atomic mass is 79.9. The van der Waals surface area contributed by atoms with Crippen molar-refractivity contribution in [1.82, 2.24) is 5.43 Å². The minimum atomic E-state index is 0.295. The van der Waals surface area contributed by atoms with E-state index in [4.69, 9.17) is 5.84 Å². The van der Waals surface area contributed by atoms with Gasteiger partial charge in [-0.1, -0.05) is 22.0 Å². The molecule has 0 aliphatic carbocycles. The summed E-state index contributed by atoms with van der Waals surface area (Å²) < 4.78 is 1.11. The summed E-state index contributed by atoms with van der Waals surface area (Å²) in [6.45, 7) is 0. The van der Waals surface area contributed by atoms with Crippen molar-refractivity contribution in [1.29, 1.82) is 0 Å². The van der Waals surface area contributed by atoms with E-state index in [-0.39, 0.29) is 0 Å². The molecule has 2 nitrogen and oxygen atoms in total. The Morgan fingerprint density at radius 2 is 2.28 bits per heavy atom. The number of nitrogens with one attached hydrogen (secondary N) is 1. The molecule has 1 aromatic carbocycles. The topological polar surface area (TPSA) is 38.0 Å². The van der Waals surface area contributed by atoms with Crippen molar-refractivity contribution in [2.75, 3.05) is 5.75 Å². The van der Waals surface area contributed by atoms with E-state index in [1.165, 1.54) is 10.5 Å². The summed E-state index contributed by atoms with van der Waals surface area (Å²) in [6.07, 6.45) is 0.973. The third-order valence-corrected chi connectivity index (χ3v) is 4.93. The van der Waals surface area contributed by atoms with Crippen LogP contribution in [-0.2, 0) is 6.42 Å². The van der Waals surface area contributed by atoms with Crippen LogP contribution in [0.3, 0.4) is 0 Å². The van der Waals surface area contributed by atoms with Gasteiger partial charge in [-0.15, -0.1) is 11.8 Å². The van der Waals surface area contributed by atoms with Crippen molar-refractivity contribution in [3.63, 3.8) is 0 Å². The van der Waals surface area contributed by atoms with Crippen LogP contribution in [0.15, 0.2) is 50.5 Å². The van der Waals surface area contributed by atoms with Crippen molar-refractivity contribution in [3.8, 4) is 0 Å². The van der Waals surface area contributed by atoms with E-state index >= 15 is 0 Å². The second-order valence-corrected chi connectivity index (χ2v) is 6.76. The van der Waals surface area contributed by atoms with Gasteiger partial charge in [-0.3, -0.25) is 11.3 Å². The average Bonchev–Trinajstić information content (AvgIpc) is 2.87. The first-order valence-corrected chi connectivity index (χ1v) is 8.35. The lowest BCUT2D eigenvalue weighted by molar-refractivity contribution is 0.576. The standard InChI is InChI=1S/C13H15BrN2S2/c14-11-2-1-3-13(7-11)18-9-12(16-15)6-10-4-5-17-8-10/h1-5,7-8,12,16H,6,9,15H2. The molecule has 1 atom stereocenters. The fraction of sp³-hybridized carbons (Fsp3) is 0.231. The smallest absolute Gasteiger partial charge is 0.0345 e. The summed E-state index contributed by atoms with van der Waals surface area (Å²) in [5, 5.41) is 4.28. The fourth-order valence-corrected chi connectivity index (χ4v) is 3.84. The molecule has 5 heteroatoms. The first-order valence-electron chi connectivity index (χ1n) is 5.63. The molecular weight excluding hydrogens is 328 g/mol. The Hall–Kier alpha value is -0.330. The zero-order valence-electron chi connectivity index (χ0n) is 9.80. The summed E-state index contributed by atoms with van der Waals surface area (Å²) in [7, 11) is 0. The molecule has 0 aliphatic rings. The van der Waals surface area contributed by atoms with Crippen molar-refractivity contribution in [3.05, 3.63) is 51.1 Å². The van der Waals surface area contributed by atoms with Gasteiger partial charge in [-0.2, -0.15) is 11.3 Å². The molecule has 1 aromatic heterocycles. The molecule has 2 rings (SSSR count). The highest BCUT2D eigenvalue weighted by molar-refractivity contribution is 9.10. The van der Waals surface area contributed by atoms with Crippen LogP contribution >= 0.6 is 39.0 Å². The third-order valence-electron chi connectivity index (χ3n) is 2.55. The minimum absolute atomic E-state index is 0.295. The largest absolute Gasteiger partial charge is 0.271 e. The Morgan fingerprint density at radius 3 is 2.94 bits per heavy atom. The normalized spacial score (nSPS) is 12.6. The van der Waals surface area contributed by atoms with E-state index in [1.54, 1.807) is 11.3 Å². The molecule has 1 heterocycles. The van der Waals surface area contributed by atoms with Gasteiger partial charge >= 0.3 is 0 Å². The lowest BCUT2D eigenvalue weighted by Crippen LogP contribution is -2.38. The van der Waals surface area contributed by atoms with Crippen LogP contribution in [0.4, 0.5) is 0 Å². The highest BCUT2D eigenvalue weighted by Gasteiger charge is 2.09. The van der Waals surface area contributed by atoms with Gasteiger partial charge < -0.3 is 0 Å². The summed E-state index contributed by atoms with van der Waals surface area (Å²) in [5.41, 5.74) is 4.24. The molecule has 96 valence electrons. The zero-order chi connectivity index (χ0) is 12.8. The second-order valence-electron chi connectivity index (χ2n) is 3.97. The molecule has 0 amide bonds. The number of thiophene rings is 1. The molecular formula is C13H15BrN2S2. The van der Waals surface area contributed by atoms with Crippen LogP contribution in [0.2, 0.25) is 0 Å². The Morgan fingerprint density at radius 1 is 1.39 bits per heavy atom. The number of halogens is 1. The van der Waals surface area contributed by atoms with Crippen molar-refractivity contribution in [2.45, 2.75) is 17.4 Å². The van der Waals surface area contributed by atoms with Gasteiger partial charge in [0.2, 0.25) is 0 Å². The van der Waals surface area contributed by atoms with Gasteiger partial charge in [-0.25, -0.2) is 0 Å². The van der Waals surface area contributed by atoms with E-state index in [1.807, 2.05) is 17.8 Å². The molecule has 2 aromatic rings. The monoisotopic (exact) mass is 342 g/mol. The maximum absolute atomic E-state index is 5.61. The molecule has 0 spiro atoms. The van der Waals surface area contributed by atoms with Crippen LogP contribution in [0.1, 0.15) is 5.56 Å². The minimum Gasteiger partial charge on any atom is -0.271 e. The second kappa shape index (κ2) is 7.31. The van der Waals surface area contributed by atoms with E-state index in [0.29, 0.717) is 6.04 Å². The number of benzene rings is 1. The van der Waals surface area contributed by atoms with Crippen LogP contribution < -0.4 is 11.3 Å². The first kappa shape index (κ1) is 14.1. The van der Waals surface area contributed by atoms with E-state index < -0.39 is 0 Å². The Kier molecular flexibility index (Phi) is 5.72. The average molecular weight is 343 g/mol. The quantitative estimate of drug-likeness (QED) is 0.477. The maximum Gasteiger partial charge on any atom is 0.0345 e. The van der Waals surface area contributed by atoms with E-state index in [0.717, 1.165) is 16.6 Å². The summed E-state index contributed by atoms with van der Waals surface area (Å²) in [5.74, 6) is 6.58.